The number of carboxylic acids is 1. The summed E-state index contributed by atoms with van der Waals surface area (Å²) in [4.78, 5) is 28.9. The normalized spacial score (nSPS) is 11.4. The van der Waals surface area contributed by atoms with E-state index in [-0.39, 0.29) is 11.1 Å². The topological polar surface area (TPSA) is 71.7 Å². The number of pyridine rings is 1. The van der Waals surface area contributed by atoms with Gasteiger partial charge in [-0.1, -0.05) is 43.2 Å². The van der Waals surface area contributed by atoms with Crippen molar-refractivity contribution in [3.05, 3.63) is 80.4 Å². The molecule has 2 aromatic heterocycles. The zero-order valence-corrected chi connectivity index (χ0v) is 16.4. The van der Waals surface area contributed by atoms with Crippen LogP contribution < -0.4 is 5.56 Å². The van der Waals surface area contributed by atoms with Crippen molar-refractivity contribution in [2.24, 2.45) is 0 Å². The van der Waals surface area contributed by atoms with Crippen molar-refractivity contribution in [1.82, 2.24) is 9.38 Å². The molecule has 0 unspecified atom stereocenters. The number of hydrogen-bond donors (Lipinski definition) is 1. The van der Waals surface area contributed by atoms with Gasteiger partial charge in [-0.05, 0) is 56.0 Å². The predicted molar refractivity (Wildman–Crippen MR) is 112 cm³/mol. The van der Waals surface area contributed by atoms with Crippen LogP contribution in [0.4, 0.5) is 0 Å². The summed E-state index contributed by atoms with van der Waals surface area (Å²) in [5.74, 6) is -1.07. The Hall–Kier alpha value is -3.21. The number of carboxylic acid groups (broad SMARTS) is 1. The Bertz CT molecular complexity index is 1130. The van der Waals surface area contributed by atoms with Crippen LogP contribution in [0.1, 0.15) is 58.1 Å². The van der Waals surface area contributed by atoms with Crippen molar-refractivity contribution in [1.29, 1.82) is 0 Å². The molecule has 5 heteroatoms. The Balaban J connectivity index is 2.15. The van der Waals surface area contributed by atoms with Gasteiger partial charge in [-0.25, -0.2) is 9.78 Å². The number of aryl methyl sites for hydroxylation is 2. The van der Waals surface area contributed by atoms with Gasteiger partial charge >= 0.3 is 5.97 Å². The summed E-state index contributed by atoms with van der Waals surface area (Å²) in [6.45, 7) is 6.16. The Morgan fingerprint density at radius 1 is 1.18 bits per heavy atom. The van der Waals surface area contributed by atoms with Crippen LogP contribution in [0.5, 0.6) is 0 Å². The molecule has 0 saturated heterocycles. The predicted octanol–water partition coefficient (Wildman–Crippen LogP) is 4.52. The van der Waals surface area contributed by atoms with Gasteiger partial charge in [0.1, 0.15) is 5.65 Å². The molecule has 0 amide bonds. The summed E-state index contributed by atoms with van der Waals surface area (Å²) in [7, 11) is 0. The van der Waals surface area contributed by atoms with Gasteiger partial charge < -0.3 is 5.11 Å². The van der Waals surface area contributed by atoms with Crippen LogP contribution in [0.3, 0.4) is 0 Å². The minimum atomic E-state index is -1.07. The van der Waals surface area contributed by atoms with E-state index in [4.69, 9.17) is 0 Å². The van der Waals surface area contributed by atoms with Gasteiger partial charge in [-0.15, -0.1) is 0 Å². The Labute approximate surface area is 164 Å². The van der Waals surface area contributed by atoms with Crippen LogP contribution in [0.2, 0.25) is 0 Å². The van der Waals surface area contributed by atoms with Crippen LogP contribution in [-0.4, -0.2) is 20.5 Å². The quantitative estimate of drug-likeness (QED) is 0.686. The van der Waals surface area contributed by atoms with Crippen LogP contribution in [-0.2, 0) is 6.42 Å². The maximum absolute atomic E-state index is 13.1. The molecule has 0 aliphatic heterocycles. The summed E-state index contributed by atoms with van der Waals surface area (Å²) in [6.07, 6.45) is 7.65. The first-order valence-electron chi connectivity index (χ1n) is 9.44. The van der Waals surface area contributed by atoms with Gasteiger partial charge in [-0.3, -0.25) is 9.20 Å². The number of nitrogens with zero attached hydrogens (tertiary/aromatic N) is 2. The van der Waals surface area contributed by atoms with Crippen LogP contribution in [0, 0.1) is 13.8 Å². The highest BCUT2D eigenvalue weighted by molar-refractivity contribution is 5.87. The van der Waals surface area contributed by atoms with E-state index in [1.165, 1.54) is 22.2 Å². The second-order valence-corrected chi connectivity index (χ2v) is 7.03. The van der Waals surface area contributed by atoms with Crippen molar-refractivity contribution in [2.75, 3.05) is 0 Å². The first kappa shape index (κ1) is 19.5. The summed E-state index contributed by atoms with van der Waals surface area (Å²) < 4.78 is 1.34. The van der Waals surface area contributed by atoms with E-state index in [0.717, 1.165) is 24.0 Å². The van der Waals surface area contributed by atoms with Crippen molar-refractivity contribution >= 4 is 23.8 Å². The van der Waals surface area contributed by atoms with Gasteiger partial charge in [0, 0.05) is 11.8 Å². The molecule has 1 aromatic carbocycles. The number of hydrogen-bond acceptors (Lipinski definition) is 3. The Morgan fingerprint density at radius 3 is 2.68 bits per heavy atom. The molecule has 0 fully saturated rings. The Kier molecular flexibility index (Phi) is 5.73. The van der Waals surface area contributed by atoms with E-state index in [2.05, 4.69) is 30.1 Å². The van der Waals surface area contributed by atoms with Crippen molar-refractivity contribution in [3.8, 4) is 0 Å². The monoisotopic (exact) mass is 376 g/mol. The molecule has 144 valence electrons. The lowest BCUT2D eigenvalue weighted by molar-refractivity contribution is 0.0696. The molecule has 0 saturated carbocycles. The average molecular weight is 376 g/mol. The number of aromatic carboxylic acids is 1. The molecule has 0 atom stereocenters. The van der Waals surface area contributed by atoms with Crippen molar-refractivity contribution < 1.29 is 9.90 Å². The maximum Gasteiger partial charge on any atom is 0.337 e. The van der Waals surface area contributed by atoms with Crippen LogP contribution in [0.25, 0.3) is 17.8 Å². The summed E-state index contributed by atoms with van der Waals surface area (Å²) >= 11 is 0. The average Bonchev–Trinajstić information content (AvgIpc) is 2.67. The second kappa shape index (κ2) is 8.21. The molecule has 28 heavy (non-hydrogen) atoms. The summed E-state index contributed by atoms with van der Waals surface area (Å²) in [6, 6.07) is 9.28. The third-order valence-electron chi connectivity index (χ3n) is 4.83. The third-order valence-corrected chi connectivity index (χ3v) is 4.83. The zero-order chi connectivity index (χ0) is 20.3. The number of carbonyl (C=O) groups is 1. The fourth-order valence-electron chi connectivity index (χ4n) is 3.15. The lowest BCUT2D eigenvalue weighted by atomic mass is 10.0. The molecule has 0 spiro atoms. The van der Waals surface area contributed by atoms with E-state index < -0.39 is 5.97 Å². The minimum absolute atomic E-state index is 0.0662. The van der Waals surface area contributed by atoms with Gasteiger partial charge in [0.2, 0.25) is 0 Å². The fraction of sp³-hybridized carbons (Fsp3) is 0.261. The molecule has 2 heterocycles. The number of rotatable bonds is 6. The molecule has 0 bridgehead atoms. The van der Waals surface area contributed by atoms with Crippen molar-refractivity contribution in [2.45, 2.75) is 40.0 Å². The van der Waals surface area contributed by atoms with E-state index in [1.807, 2.05) is 26.0 Å². The smallest absolute Gasteiger partial charge is 0.337 e. The molecule has 0 aliphatic carbocycles. The van der Waals surface area contributed by atoms with Crippen LogP contribution in [0.15, 0.2) is 41.3 Å². The minimum Gasteiger partial charge on any atom is -0.478 e. The van der Waals surface area contributed by atoms with E-state index in [1.54, 1.807) is 6.07 Å². The zero-order valence-electron chi connectivity index (χ0n) is 16.4. The lowest BCUT2D eigenvalue weighted by Gasteiger charge is -2.09. The molecule has 3 rings (SSSR count). The SMILES string of the molecule is CCCCc1c(C=Cc2cc(C)ccc2C)nc2ccc(C(=O)O)cn2c1=O. The molecule has 0 aliphatic rings. The van der Waals surface area contributed by atoms with E-state index in [0.29, 0.717) is 23.3 Å². The highest BCUT2D eigenvalue weighted by Crippen LogP contribution is 2.17. The lowest BCUT2D eigenvalue weighted by Crippen LogP contribution is -2.22. The second-order valence-electron chi connectivity index (χ2n) is 7.03. The van der Waals surface area contributed by atoms with Crippen LogP contribution >= 0.6 is 0 Å². The largest absolute Gasteiger partial charge is 0.478 e. The summed E-state index contributed by atoms with van der Waals surface area (Å²) in [5, 5.41) is 9.21. The standard InChI is InChI=1S/C23H24N2O3/c1-4-5-6-19-20(11-9-17-13-15(2)7-8-16(17)3)24-21-12-10-18(23(27)28)14-25(21)22(19)26/h7-14H,4-6H2,1-3H3,(H,27,28). The number of aromatic nitrogens is 2. The molecular formula is C23H24N2O3. The molecule has 0 radical (unpaired) electrons. The fourth-order valence-corrected chi connectivity index (χ4v) is 3.15. The molecular weight excluding hydrogens is 352 g/mol. The van der Waals surface area contributed by atoms with Gasteiger partial charge in [0.15, 0.2) is 0 Å². The Morgan fingerprint density at radius 2 is 1.96 bits per heavy atom. The highest BCUT2D eigenvalue weighted by atomic mass is 16.4. The molecule has 5 nitrogen and oxygen atoms in total. The van der Waals surface area contributed by atoms with Gasteiger partial charge in [0.05, 0.1) is 11.3 Å². The number of benzene rings is 1. The molecule has 1 N–H and O–H groups in total. The van der Waals surface area contributed by atoms with Crippen molar-refractivity contribution in [3.63, 3.8) is 0 Å². The van der Waals surface area contributed by atoms with E-state index in [9.17, 15) is 14.7 Å². The first-order valence-corrected chi connectivity index (χ1v) is 9.44. The first-order chi connectivity index (χ1) is 13.4. The van der Waals surface area contributed by atoms with Gasteiger partial charge in [-0.2, -0.15) is 0 Å². The summed E-state index contributed by atoms with van der Waals surface area (Å²) in [5.41, 5.74) is 4.97. The third kappa shape index (κ3) is 4.03. The van der Waals surface area contributed by atoms with E-state index >= 15 is 0 Å². The molecule has 3 aromatic rings. The van der Waals surface area contributed by atoms with Gasteiger partial charge in [0.25, 0.3) is 5.56 Å². The highest BCUT2D eigenvalue weighted by Gasteiger charge is 2.13. The number of fused-ring (bicyclic) bond motifs is 1. The number of unbranched alkanes of at least 4 members (excludes halogenated alkanes) is 1. The maximum atomic E-state index is 13.1.